The molecule has 7 aromatic rings. The van der Waals surface area contributed by atoms with Crippen molar-refractivity contribution in [3.05, 3.63) is 144 Å². The Hall–Kier alpha value is -5.48. The first-order chi connectivity index (χ1) is 24.6. The Morgan fingerprint density at radius 3 is 1.75 bits per heavy atom. The monoisotopic (exact) mass is 683 g/mol. The van der Waals surface area contributed by atoms with Crippen LogP contribution in [0.15, 0.2) is 128 Å². The number of fused-ring (bicyclic) bond motifs is 1. The SMILES string of the molecule is CC(C)(C)c1cc(-c2cc(-c3ccccc3)ccn2)cc(-c2cccc3c2nc(-c2ccccc2O)n3-c2cc(C(C)(C)C)cc(C(C)(C)C)c2)c1. The number of para-hydroxylation sites is 2. The molecule has 4 nitrogen and oxygen atoms in total. The topological polar surface area (TPSA) is 50.9 Å². The van der Waals surface area contributed by atoms with Gasteiger partial charge in [0.15, 0.2) is 0 Å². The van der Waals surface area contributed by atoms with Gasteiger partial charge in [-0.25, -0.2) is 4.98 Å². The van der Waals surface area contributed by atoms with Crippen molar-refractivity contribution >= 4 is 11.0 Å². The second-order valence-electron chi connectivity index (χ2n) is 17.1. The fourth-order valence-electron chi connectivity index (χ4n) is 6.81. The number of rotatable bonds is 5. The van der Waals surface area contributed by atoms with Crippen LogP contribution in [0.3, 0.4) is 0 Å². The third-order valence-corrected chi connectivity index (χ3v) is 10.0. The van der Waals surface area contributed by atoms with Gasteiger partial charge < -0.3 is 5.11 Å². The first-order valence-corrected chi connectivity index (χ1v) is 18.2. The fourth-order valence-corrected chi connectivity index (χ4v) is 6.81. The molecule has 2 heterocycles. The Morgan fingerprint density at radius 1 is 0.500 bits per heavy atom. The normalized spacial score (nSPS) is 12.4. The number of hydrogen-bond acceptors (Lipinski definition) is 3. The molecule has 5 aromatic carbocycles. The largest absolute Gasteiger partial charge is 0.507 e. The maximum absolute atomic E-state index is 11.2. The van der Waals surface area contributed by atoms with Gasteiger partial charge in [0, 0.05) is 23.0 Å². The number of benzene rings is 5. The van der Waals surface area contributed by atoms with Gasteiger partial charge in [-0.15, -0.1) is 0 Å². The van der Waals surface area contributed by atoms with Crippen LogP contribution in [0.25, 0.3) is 61.6 Å². The van der Waals surface area contributed by atoms with Crippen LogP contribution >= 0.6 is 0 Å². The second kappa shape index (κ2) is 12.9. The van der Waals surface area contributed by atoms with E-state index in [1.54, 1.807) is 6.07 Å². The van der Waals surface area contributed by atoms with Gasteiger partial charge >= 0.3 is 0 Å². The smallest absolute Gasteiger partial charge is 0.149 e. The van der Waals surface area contributed by atoms with Crippen molar-refractivity contribution in [2.45, 2.75) is 78.6 Å². The second-order valence-corrected chi connectivity index (χ2v) is 17.1. The summed E-state index contributed by atoms with van der Waals surface area (Å²) in [7, 11) is 0. The highest BCUT2D eigenvalue weighted by Crippen LogP contribution is 2.41. The van der Waals surface area contributed by atoms with Crippen LogP contribution in [0, 0.1) is 0 Å². The number of pyridine rings is 1. The highest BCUT2D eigenvalue weighted by Gasteiger charge is 2.25. The number of phenolic OH excluding ortho intramolecular Hbond substituents is 1. The van der Waals surface area contributed by atoms with Gasteiger partial charge in [0.2, 0.25) is 0 Å². The molecule has 4 heteroatoms. The Morgan fingerprint density at radius 2 is 1.10 bits per heavy atom. The van der Waals surface area contributed by atoms with E-state index in [9.17, 15) is 5.11 Å². The average molecular weight is 684 g/mol. The minimum atomic E-state index is -0.104. The highest BCUT2D eigenvalue weighted by molar-refractivity contribution is 5.97. The lowest BCUT2D eigenvalue weighted by Crippen LogP contribution is -2.17. The van der Waals surface area contributed by atoms with Crippen LogP contribution in [-0.4, -0.2) is 19.6 Å². The predicted octanol–water partition coefficient (Wildman–Crippen LogP) is 12.7. The quantitative estimate of drug-likeness (QED) is 0.196. The van der Waals surface area contributed by atoms with Crippen LogP contribution in [-0.2, 0) is 16.2 Å². The predicted molar refractivity (Wildman–Crippen MR) is 218 cm³/mol. The van der Waals surface area contributed by atoms with E-state index >= 15 is 0 Å². The molecular weight excluding hydrogens is 635 g/mol. The zero-order chi connectivity index (χ0) is 37.0. The van der Waals surface area contributed by atoms with Crippen molar-refractivity contribution in [1.82, 2.24) is 14.5 Å². The molecule has 0 atom stereocenters. The van der Waals surface area contributed by atoms with E-state index in [0.717, 1.165) is 50.2 Å². The van der Waals surface area contributed by atoms with E-state index in [1.165, 1.54) is 16.7 Å². The summed E-state index contributed by atoms with van der Waals surface area (Å²) in [5.41, 5.74) is 13.5. The molecule has 0 bridgehead atoms. The van der Waals surface area contributed by atoms with Gasteiger partial charge in [0.25, 0.3) is 0 Å². The molecule has 262 valence electrons. The lowest BCUT2D eigenvalue weighted by Gasteiger charge is -2.27. The Kier molecular flexibility index (Phi) is 8.69. The minimum Gasteiger partial charge on any atom is -0.507 e. The summed E-state index contributed by atoms with van der Waals surface area (Å²) in [6.07, 6.45) is 1.90. The number of hydrogen-bond donors (Lipinski definition) is 1. The van der Waals surface area contributed by atoms with Crippen molar-refractivity contribution < 1.29 is 5.11 Å². The summed E-state index contributed by atoms with van der Waals surface area (Å²) in [6.45, 7) is 20.3. The molecule has 2 aromatic heterocycles. The number of phenols is 1. The lowest BCUT2D eigenvalue weighted by molar-refractivity contribution is 0.477. The lowest BCUT2D eigenvalue weighted by atomic mass is 9.80. The molecule has 0 aliphatic rings. The van der Waals surface area contributed by atoms with Gasteiger partial charge in [0.1, 0.15) is 11.6 Å². The Balaban J connectivity index is 1.51. The fraction of sp³-hybridized carbons (Fsp3) is 0.250. The number of aromatic nitrogens is 3. The van der Waals surface area contributed by atoms with Crippen LogP contribution in [0.2, 0.25) is 0 Å². The maximum Gasteiger partial charge on any atom is 0.149 e. The molecule has 7 rings (SSSR count). The molecule has 0 radical (unpaired) electrons. The summed E-state index contributed by atoms with van der Waals surface area (Å²) >= 11 is 0. The van der Waals surface area contributed by atoms with Crippen molar-refractivity contribution in [1.29, 1.82) is 0 Å². The molecule has 0 spiro atoms. The summed E-state index contributed by atoms with van der Waals surface area (Å²) < 4.78 is 2.23. The zero-order valence-electron chi connectivity index (χ0n) is 31.9. The van der Waals surface area contributed by atoms with Gasteiger partial charge in [0.05, 0.1) is 22.3 Å². The number of nitrogens with zero attached hydrogens (tertiary/aromatic N) is 3. The Labute approximate surface area is 308 Å². The van der Waals surface area contributed by atoms with Crippen molar-refractivity contribution in [2.24, 2.45) is 0 Å². The molecule has 0 amide bonds. The van der Waals surface area contributed by atoms with Crippen LogP contribution in [0.4, 0.5) is 0 Å². The number of aromatic hydroxyl groups is 1. The van der Waals surface area contributed by atoms with Crippen LogP contribution < -0.4 is 0 Å². The van der Waals surface area contributed by atoms with Gasteiger partial charge in [-0.1, -0.05) is 129 Å². The van der Waals surface area contributed by atoms with Crippen molar-refractivity contribution in [3.63, 3.8) is 0 Å². The van der Waals surface area contributed by atoms with Crippen molar-refractivity contribution in [2.75, 3.05) is 0 Å². The molecule has 52 heavy (non-hydrogen) atoms. The third-order valence-electron chi connectivity index (χ3n) is 10.0. The molecule has 0 saturated heterocycles. The molecule has 0 unspecified atom stereocenters. The minimum absolute atomic E-state index is 0.0672. The molecule has 0 aliphatic heterocycles. The van der Waals surface area contributed by atoms with Gasteiger partial charge in [-0.3, -0.25) is 9.55 Å². The van der Waals surface area contributed by atoms with E-state index in [0.29, 0.717) is 11.4 Å². The van der Waals surface area contributed by atoms with Crippen LogP contribution in [0.1, 0.15) is 79.0 Å². The Bertz CT molecular complexity index is 2380. The molecule has 0 aliphatic carbocycles. The first kappa shape index (κ1) is 34.9. The molecule has 1 N–H and O–H groups in total. The first-order valence-electron chi connectivity index (χ1n) is 18.2. The number of imidazole rings is 1. The van der Waals surface area contributed by atoms with E-state index in [2.05, 4.69) is 158 Å². The standard InChI is InChI=1S/C48H49N3O/c1-46(2,3)35-25-33(24-34(26-35)41-27-32(22-23-49-41)31-16-11-10-12-17-31)39-19-15-20-42-44(39)50-45(40-18-13-14-21-43(40)52)51(42)38-29-36(47(4,5)6)28-37(30-38)48(7,8)9/h10-30,52H,1-9H3. The van der Waals surface area contributed by atoms with Crippen LogP contribution in [0.5, 0.6) is 5.75 Å². The molecule has 0 fully saturated rings. The maximum atomic E-state index is 11.2. The van der Waals surface area contributed by atoms with E-state index in [-0.39, 0.29) is 22.0 Å². The third kappa shape index (κ3) is 6.78. The van der Waals surface area contributed by atoms with E-state index in [1.807, 2.05) is 30.5 Å². The van der Waals surface area contributed by atoms with Gasteiger partial charge in [-0.2, -0.15) is 0 Å². The van der Waals surface area contributed by atoms with E-state index in [4.69, 9.17) is 9.97 Å². The summed E-state index contributed by atoms with van der Waals surface area (Å²) in [5.74, 6) is 0.904. The van der Waals surface area contributed by atoms with Crippen molar-refractivity contribution in [3.8, 4) is 56.3 Å². The molecule has 0 saturated carbocycles. The van der Waals surface area contributed by atoms with Gasteiger partial charge in [-0.05, 0) is 104 Å². The summed E-state index contributed by atoms with van der Waals surface area (Å²) in [6, 6.07) is 42.4. The summed E-state index contributed by atoms with van der Waals surface area (Å²) in [4.78, 5) is 10.3. The average Bonchev–Trinajstić information content (AvgIpc) is 3.50. The highest BCUT2D eigenvalue weighted by atomic mass is 16.3. The van der Waals surface area contributed by atoms with E-state index < -0.39 is 0 Å². The zero-order valence-corrected chi connectivity index (χ0v) is 31.9. The molecular formula is C48H49N3O. The summed E-state index contributed by atoms with van der Waals surface area (Å²) in [5, 5.41) is 11.2.